The van der Waals surface area contributed by atoms with Gasteiger partial charge in [0.25, 0.3) is 0 Å². The van der Waals surface area contributed by atoms with Gasteiger partial charge in [-0.1, -0.05) is 102 Å². The largest absolute Gasteiger partial charge is 4.00 e. The van der Waals surface area contributed by atoms with E-state index in [1.165, 1.54) is 32.1 Å². The molecule has 132 valence electrons. The fourth-order valence-corrected chi connectivity index (χ4v) is 9.30. The first-order chi connectivity index (χ1) is 8.34. The molecule has 0 N–H and O–H groups in total. The van der Waals surface area contributed by atoms with E-state index in [0.29, 0.717) is 10.3 Å². The maximum atomic E-state index is 5.16. The fourth-order valence-electron chi connectivity index (χ4n) is 2.49. The molecule has 0 aromatic carbocycles. The van der Waals surface area contributed by atoms with Gasteiger partial charge in [-0.3, -0.25) is 0 Å². The minimum absolute atomic E-state index is 0. The van der Waals surface area contributed by atoms with Crippen molar-refractivity contribution in [2.75, 3.05) is 0 Å². The maximum absolute atomic E-state index is 5.16. The zero-order valence-electron chi connectivity index (χ0n) is 17.4. The van der Waals surface area contributed by atoms with Crippen LogP contribution in [0.2, 0.25) is 19.6 Å². The van der Waals surface area contributed by atoms with Crippen LogP contribution in [0.3, 0.4) is 0 Å². The Balaban J connectivity index is -0.000000173. The van der Waals surface area contributed by atoms with E-state index in [9.17, 15) is 0 Å². The number of rotatable bonds is 2. The molecule has 22 heavy (non-hydrogen) atoms. The first-order valence-electron chi connectivity index (χ1n) is 7.87. The Bertz CT molecular complexity index is 226. The van der Waals surface area contributed by atoms with Crippen molar-refractivity contribution in [2.45, 2.75) is 104 Å². The van der Waals surface area contributed by atoms with Gasteiger partial charge in [0.15, 0.2) is 0 Å². The predicted molar refractivity (Wildman–Crippen MR) is 109 cm³/mol. The number of hydrogen-bond donors (Lipinski definition) is 0. The Morgan fingerprint density at radius 2 is 0.909 bits per heavy atom. The molecule has 0 aliphatic heterocycles. The smallest absolute Gasteiger partial charge is 0.638 e. The second-order valence-electron chi connectivity index (χ2n) is 8.69. The monoisotopic (exact) mass is 380 g/mol. The van der Waals surface area contributed by atoms with Crippen molar-refractivity contribution < 1.29 is 21.7 Å². The Morgan fingerprint density at radius 3 is 1.00 bits per heavy atom. The number of hydrogen-bond acceptors (Lipinski definition) is 0. The average Bonchev–Trinajstić information content (AvgIpc) is 2.66. The molecule has 0 radical (unpaired) electrons. The third kappa shape index (κ3) is 16.2. The quantitative estimate of drug-likeness (QED) is 0.261. The molecule has 0 aromatic heterocycles. The second kappa shape index (κ2) is 12.7. The van der Waals surface area contributed by atoms with Gasteiger partial charge in [0.05, 0.1) is 0 Å². The van der Waals surface area contributed by atoms with Gasteiger partial charge >= 0.3 is 21.7 Å². The molecule has 1 aliphatic carbocycles. The molecule has 1 saturated carbocycles. The second-order valence-corrected chi connectivity index (χ2v) is 17.1. The van der Waals surface area contributed by atoms with E-state index in [1.54, 1.807) is 0 Å². The summed E-state index contributed by atoms with van der Waals surface area (Å²) in [6.07, 6.45) is 7.50. The summed E-state index contributed by atoms with van der Waals surface area (Å²) < 4.78 is 5.16. The van der Waals surface area contributed by atoms with Gasteiger partial charge in [-0.2, -0.15) is 0 Å². The fraction of sp³-hybridized carbons (Fsp3) is 0.889. The van der Waals surface area contributed by atoms with E-state index in [-0.39, 0.29) is 44.6 Å². The minimum Gasteiger partial charge on any atom is -0.638 e. The molecule has 1 fully saturated rings. The summed E-state index contributed by atoms with van der Waals surface area (Å²) in [6, 6.07) is 0. The Labute approximate surface area is 161 Å². The molecule has 0 bridgehead atoms. The molecule has 1 rings (SSSR count). The summed E-state index contributed by atoms with van der Waals surface area (Å²) in [4.78, 5) is 0. The SMILES string of the molecule is C1CCCC1.CC(C)(C)P([N-][Si](C)(C)C)C(C)(C)C.[CH3-].[CH3-].[Ti+4]. The van der Waals surface area contributed by atoms with E-state index in [4.69, 9.17) is 4.75 Å². The van der Waals surface area contributed by atoms with Crippen molar-refractivity contribution in [3.05, 3.63) is 19.6 Å². The molecule has 0 unspecified atom stereocenters. The zero-order chi connectivity index (χ0) is 15.3. The third-order valence-electron chi connectivity index (χ3n) is 2.92. The standard InChI is InChI=1S/C11H27NPSi.C5H10.2CH3.Ti/c1-10(2,3)13(11(4,5)6)12-14(7,8)9;1-2-4-5-3-1;;;/h1-9H3;1-5H2;2*1H3;/q-1;;2*-1;+4. The van der Waals surface area contributed by atoms with Crippen LogP contribution in [0.1, 0.15) is 73.6 Å². The van der Waals surface area contributed by atoms with Gasteiger partial charge in [0.2, 0.25) is 0 Å². The van der Waals surface area contributed by atoms with Gasteiger partial charge in [0.1, 0.15) is 0 Å². The summed E-state index contributed by atoms with van der Waals surface area (Å²) in [6.45, 7) is 21.0. The molecular formula is C18H43NPSiTi+. The van der Waals surface area contributed by atoms with Gasteiger partial charge in [-0.25, -0.2) is 8.07 Å². The van der Waals surface area contributed by atoms with Crippen LogP contribution in [-0.4, -0.2) is 18.5 Å². The van der Waals surface area contributed by atoms with Crippen molar-refractivity contribution in [3.63, 3.8) is 0 Å². The molecule has 1 nitrogen and oxygen atoms in total. The van der Waals surface area contributed by atoms with E-state index in [0.717, 1.165) is 0 Å². The molecule has 4 heteroatoms. The number of nitrogens with zero attached hydrogens (tertiary/aromatic N) is 1. The molecular weight excluding hydrogens is 337 g/mol. The van der Waals surface area contributed by atoms with Crippen LogP contribution in [0.25, 0.3) is 4.75 Å². The molecule has 0 saturated heterocycles. The van der Waals surface area contributed by atoms with E-state index in [1.807, 2.05) is 0 Å². The van der Waals surface area contributed by atoms with Crippen molar-refractivity contribution >= 4 is 16.3 Å². The predicted octanol–water partition coefficient (Wildman–Crippen LogP) is 8.04. The topological polar surface area (TPSA) is 14.1 Å². The van der Waals surface area contributed by atoms with Crippen LogP contribution in [0.4, 0.5) is 0 Å². The minimum atomic E-state index is -1.29. The van der Waals surface area contributed by atoms with Gasteiger partial charge in [-0.15, -0.1) is 0 Å². The van der Waals surface area contributed by atoms with E-state index >= 15 is 0 Å². The van der Waals surface area contributed by atoms with Crippen molar-refractivity contribution in [3.8, 4) is 0 Å². The normalized spacial score (nSPS) is 15.0. The summed E-state index contributed by atoms with van der Waals surface area (Å²) in [5.74, 6) is 0. The molecule has 0 amide bonds. The average molecular weight is 380 g/mol. The van der Waals surface area contributed by atoms with Crippen molar-refractivity contribution in [2.24, 2.45) is 0 Å². The summed E-state index contributed by atoms with van der Waals surface area (Å²) in [5.41, 5.74) is 0. The Hall–Kier alpha value is 1.32. The Kier molecular flexibility index (Phi) is 17.9. The Morgan fingerprint density at radius 1 is 0.682 bits per heavy atom. The molecule has 0 spiro atoms. The van der Waals surface area contributed by atoms with Crippen LogP contribution in [0, 0.1) is 14.9 Å². The van der Waals surface area contributed by atoms with Crippen LogP contribution in [-0.2, 0) is 21.7 Å². The van der Waals surface area contributed by atoms with Crippen LogP contribution in [0.15, 0.2) is 0 Å². The molecule has 1 aliphatic rings. The van der Waals surface area contributed by atoms with Gasteiger partial charge in [0, 0.05) is 0 Å². The third-order valence-corrected chi connectivity index (χ3v) is 8.66. The van der Waals surface area contributed by atoms with Crippen molar-refractivity contribution in [1.29, 1.82) is 0 Å². The summed E-state index contributed by atoms with van der Waals surface area (Å²) in [5, 5.41) is 0.682. The molecule has 0 heterocycles. The maximum Gasteiger partial charge on any atom is 4.00 e. The first-order valence-corrected chi connectivity index (χ1v) is 12.6. The summed E-state index contributed by atoms with van der Waals surface area (Å²) in [7, 11) is -1.53. The van der Waals surface area contributed by atoms with Crippen LogP contribution >= 0.6 is 8.07 Å². The van der Waals surface area contributed by atoms with Crippen molar-refractivity contribution in [1.82, 2.24) is 0 Å². The zero-order valence-corrected chi connectivity index (χ0v) is 20.9. The molecule has 0 aromatic rings. The molecule has 0 atom stereocenters. The van der Waals surface area contributed by atoms with Crippen LogP contribution in [0.5, 0.6) is 0 Å². The first kappa shape index (κ1) is 31.1. The van der Waals surface area contributed by atoms with Gasteiger partial charge < -0.3 is 19.6 Å². The summed E-state index contributed by atoms with van der Waals surface area (Å²) >= 11 is 0. The van der Waals surface area contributed by atoms with Gasteiger partial charge in [-0.05, 0) is 10.3 Å². The van der Waals surface area contributed by atoms with E-state index < -0.39 is 8.24 Å². The van der Waals surface area contributed by atoms with Crippen LogP contribution < -0.4 is 0 Å². The van der Waals surface area contributed by atoms with E-state index in [2.05, 4.69) is 61.2 Å².